The van der Waals surface area contributed by atoms with Gasteiger partial charge in [0, 0.05) is 69.2 Å². The van der Waals surface area contributed by atoms with Gasteiger partial charge in [0.2, 0.25) is 0 Å². The number of aromatic nitrogens is 2. The van der Waals surface area contributed by atoms with E-state index in [1.54, 1.807) is 7.11 Å². The normalized spacial score (nSPS) is 10.9. The van der Waals surface area contributed by atoms with Crippen molar-refractivity contribution in [3.8, 4) is 11.1 Å². The minimum absolute atomic E-state index is 0.363. The summed E-state index contributed by atoms with van der Waals surface area (Å²) in [6.45, 7) is 8.50. The first-order valence-electron chi connectivity index (χ1n) is 13.8. The summed E-state index contributed by atoms with van der Waals surface area (Å²) in [4.78, 5) is 35.6. The Morgan fingerprint density at radius 1 is 0.902 bits per heavy atom. The third-order valence-corrected chi connectivity index (χ3v) is 7.14. The fourth-order valence-electron chi connectivity index (χ4n) is 4.88. The number of likely N-dealkylation sites (N-methyl/N-ethyl adjacent to an activating group) is 2. The molecule has 0 saturated heterocycles. The maximum absolute atomic E-state index is 13.5. The highest BCUT2D eigenvalue weighted by Gasteiger charge is 2.26. The van der Waals surface area contributed by atoms with Crippen LogP contribution in [0.5, 0.6) is 0 Å². The minimum atomic E-state index is -0.678. The van der Waals surface area contributed by atoms with Crippen LogP contribution in [0.3, 0.4) is 0 Å². The molecule has 0 radical (unpaired) electrons. The number of methoxy groups -OCH3 is 1. The lowest BCUT2D eigenvalue weighted by Gasteiger charge is -2.25. The van der Waals surface area contributed by atoms with Crippen LogP contribution in [0, 0.1) is 20.8 Å². The summed E-state index contributed by atoms with van der Waals surface area (Å²) in [5.41, 5.74) is 6.64. The second kappa shape index (κ2) is 13.3. The molecule has 0 atom stereocenters. The van der Waals surface area contributed by atoms with Gasteiger partial charge >= 0.3 is 0 Å². The van der Waals surface area contributed by atoms with Crippen molar-refractivity contribution in [2.45, 2.75) is 27.3 Å². The first-order chi connectivity index (χ1) is 19.7. The summed E-state index contributed by atoms with van der Waals surface area (Å²) in [5.74, 6) is -0.308. The molecule has 0 bridgehead atoms. The van der Waals surface area contributed by atoms with E-state index in [1.165, 1.54) is 5.56 Å². The maximum Gasteiger partial charge on any atom is 0.298 e. The number of benzene rings is 2. The zero-order chi connectivity index (χ0) is 29.5. The molecule has 214 valence electrons. The molecule has 0 unspecified atom stereocenters. The Morgan fingerprint density at radius 3 is 2.24 bits per heavy atom. The minimum Gasteiger partial charge on any atom is -0.383 e. The SMILES string of the molecule is COCCn1c(C)cc(-c2ccccc2)c1C(=O)C(=O)Nc1ccc(N(C)CCN(C)c2cc(C)cc(C)n2)cc1. The summed E-state index contributed by atoms with van der Waals surface area (Å²) in [5, 5.41) is 2.79. The van der Waals surface area contributed by atoms with Crippen LogP contribution in [-0.2, 0) is 16.1 Å². The van der Waals surface area contributed by atoms with Crippen LogP contribution in [0.1, 0.15) is 27.4 Å². The molecule has 0 spiro atoms. The van der Waals surface area contributed by atoms with Gasteiger partial charge in [0.1, 0.15) is 11.5 Å². The predicted molar refractivity (Wildman–Crippen MR) is 166 cm³/mol. The summed E-state index contributed by atoms with van der Waals surface area (Å²) < 4.78 is 7.11. The number of Topliss-reactive ketones (excluding diaryl/α,β-unsaturated/α-hetero) is 1. The van der Waals surface area contributed by atoms with Gasteiger partial charge in [-0.3, -0.25) is 9.59 Å². The van der Waals surface area contributed by atoms with E-state index in [0.717, 1.165) is 47.1 Å². The van der Waals surface area contributed by atoms with Crippen molar-refractivity contribution in [2.75, 3.05) is 56.0 Å². The molecule has 0 aliphatic carbocycles. The molecule has 8 nitrogen and oxygen atoms in total. The molecule has 2 aromatic heterocycles. The van der Waals surface area contributed by atoms with Gasteiger partial charge in [0.15, 0.2) is 0 Å². The van der Waals surface area contributed by atoms with Crippen molar-refractivity contribution in [2.24, 2.45) is 0 Å². The summed E-state index contributed by atoms with van der Waals surface area (Å²) in [7, 11) is 5.69. The summed E-state index contributed by atoms with van der Waals surface area (Å²) >= 11 is 0. The van der Waals surface area contributed by atoms with Crippen LogP contribution in [0.4, 0.5) is 17.2 Å². The number of hydrogen-bond acceptors (Lipinski definition) is 6. The van der Waals surface area contributed by atoms with Gasteiger partial charge in [0.05, 0.1) is 6.61 Å². The van der Waals surface area contributed by atoms with Gasteiger partial charge in [-0.2, -0.15) is 0 Å². The molecule has 0 saturated carbocycles. The van der Waals surface area contributed by atoms with Crippen molar-refractivity contribution in [3.63, 3.8) is 0 Å². The van der Waals surface area contributed by atoms with Crippen LogP contribution < -0.4 is 15.1 Å². The Morgan fingerprint density at radius 2 is 1.59 bits per heavy atom. The van der Waals surface area contributed by atoms with Gasteiger partial charge in [-0.15, -0.1) is 0 Å². The average molecular weight is 554 g/mol. The van der Waals surface area contributed by atoms with Gasteiger partial charge < -0.3 is 24.4 Å². The van der Waals surface area contributed by atoms with E-state index < -0.39 is 11.7 Å². The molecule has 1 amide bonds. The number of anilines is 3. The van der Waals surface area contributed by atoms with Crippen molar-refractivity contribution < 1.29 is 14.3 Å². The number of aryl methyl sites for hydroxylation is 3. The van der Waals surface area contributed by atoms with E-state index in [-0.39, 0.29) is 0 Å². The molecule has 2 heterocycles. The molecule has 4 rings (SSSR count). The lowest BCUT2D eigenvalue weighted by molar-refractivity contribution is -0.112. The first-order valence-corrected chi connectivity index (χ1v) is 13.8. The average Bonchev–Trinajstić information content (AvgIpc) is 3.30. The molecule has 8 heteroatoms. The Balaban J connectivity index is 1.44. The van der Waals surface area contributed by atoms with E-state index in [1.807, 2.05) is 93.2 Å². The third-order valence-electron chi connectivity index (χ3n) is 7.14. The highest BCUT2D eigenvalue weighted by Crippen LogP contribution is 2.28. The summed E-state index contributed by atoms with van der Waals surface area (Å²) in [6, 6.07) is 23.3. The van der Waals surface area contributed by atoms with Crippen LogP contribution in [0.15, 0.2) is 72.8 Å². The second-order valence-electron chi connectivity index (χ2n) is 10.4. The van der Waals surface area contributed by atoms with Gasteiger partial charge in [-0.1, -0.05) is 30.3 Å². The number of ketones is 1. The molecular formula is C33H39N5O3. The smallest absolute Gasteiger partial charge is 0.298 e. The monoisotopic (exact) mass is 553 g/mol. The van der Waals surface area contributed by atoms with Crippen LogP contribution >= 0.6 is 0 Å². The van der Waals surface area contributed by atoms with E-state index in [2.05, 4.69) is 39.2 Å². The highest BCUT2D eigenvalue weighted by atomic mass is 16.5. The van der Waals surface area contributed by atoms with E-state index in [9.17, 15) is 9.59 Å². The van der Waals surface area contributed by atoms with Crippen molar-refractivity contribution in [1.82, 2.24) is 9.55 Å². The highest BCUT2D eigenvalue weighted by molar-refractivity contribution is 6.47. The number of carbonyl (C=O) groups excluding carboxylic acids is 2. The lowest BCUT2D eigenvalue weighted by Crippen LogP contribution is -2.31. The number of hydrogen-bond donors (Lipinski definition) is 1. The van der Waals surface area contributed by atoms with Crippen molar-refractivity contribution >= 4 is 28.9 Å². The Hall–Kier alpha value is -4.43. The third kappa shape index (κ3) is 7.21. The second-order valence-corrected chi connectivity index (χ2v) is 10.4. The van der Waals surface area contributed by atoms with Gasteiger partial charge in [-0.05, 0) is 74.4 Å². The zero-order valence-electron chi connectivity index (χ0n) is 24.8. The molecular weight excluding hydrogens is 514 g/mol. The fraction of sp³-hybridized carbons (Fsp3) is 0.303. The maximum atomic E-state index is 13.5. The molecule has 0 fully saturated rings. The predicted octanol–water partition coefficient (Wildman–Crippen LogP) is 5.52. The Labute approximate surface area is 242 Å². The van der Waals surface area contributed by atoms with E-state index >= 15 is 0 Å². The quantitative estimate of drug-likeness (QED) is 0.184. The Bertz CT molecular complexity index is 1480. The van der Waals surface area contributed by atoms with Gasteiger partial charge in [0.25, 0.3) is 11.7 Å². The molecule has 41 heavy (non-hydrogen) atoms. The van der Waals surface area contributed by atoms with Crippen LogP contribution in [-0.4, -0.2) is 62.1 Å². The number of nitrogens with zero attached hydrogens (tertiary/aromatic N) is 4. The zero-order valence-corrected chi connectivity index (χ0v) is 24.8. The number of ether oxygens (including phenoxy) is 1. The van der Waals surface area contributed by atoms with Crippen LogP contribution in [0.25, 0.3) is 11.1 Å². The summed E-state index contributed by atoms with van der Waals surface area (Å²) in [6.07, 6.45) is 0. The Kier molecular flexibility index (Phi) is 9.57. The molecule has 0 aliphatic heterocycles. The largest absolute Gasteiger partial charge is 0.383 e. The van der Waals surface area contributed by atoms with Crippen molar-refractivity contribution in [3.05, 3.63) is 95.4 Å². The lowest BCUT2D eigenvalue weighted by atomic mass is 10.0. The topological polar surface area (TPSA) is 79.7 Å². The molecule has 0 aliphatic rings. The fourth-order valence-corrected chi connectivity index (χ4v) is 4.88. The van der Waals surface area contributed by atoms with Crippen LogP contribution in [0.2, 0.25) is 0 Å². The first kappa shape index (κ1) is 29.6. The standard InChI is InChI=1S/C33H39N5O3/c1-23-20-24(2)34-30(21-23)37(5)17-16-36(4)28-14-12-27(13-15-28)35-33(40)32(39)31-29(26-10-8-7-9-11-26)22-25(3)38(31)18-19-41-6/h7-15,20-22H,16-19H2,1-6H3,(H,35,40). The van der Waals surface area contributed by atoms with E-state index in [0.29, 0.717) is 24.5 Å². The molecule has 1 N–H and O–H groups in total. The molecule has 4 aromatic rings. The number of pyridine rings is 1. The van der Waals surface area contributed by atoms with Gasteiger partial charge in [-0.25, -0.2) is 4.98 Å². The molecule has 2 aromatic carbocycles. The van der Waals surface area contributed by atoms with E-state index in [4.69, 9.17) is 4.74 Å². The number of amides is 1. The number of nitrogens with one attached hydrogen (secondary N) is 1. The number of rotatable bonds is 12. The van der Waals surface area contributed by atoms with Crippen molar-refractivity contribution in [1.29, 1.82) is 0 Å². The number of carbonyl (C=O) groups is 2.